The van der Waals surface area contributed by atoms with Crippen molar-refractivity contribution in [2.24, 2.45) is 0 Å². The standard InChI is InChI=1S/C13H16FN3S2/c1-13(2,3)15-7-9-10(14)5-4-6-11(9)19-12-17-16-8-18-12/h4-6,8,15H,7H2,1-3H3. The van der Waals surface area contributed by atoms with Gasteiger partial charge in [0.05, 0.1) is 0 Å². The van der Waals surface area contributed by atoms with Crippen molar-refractivity contribution >= 4 is 23.1 Å². The number of aromatic nitrogens is 2. The summed E-state index contributed by atoms with van der Waals surface area (Å²) in [6.07, 6.45) is 0. The van der Waals surface area contributed by atoms with E-state index in [0.717, 1.165) is 9.24 Å². The van der Waals surface area contributed by atoms with Gasteiger partial charge in [-0.2, -0.15) is 0 Å². The zero-order valence-electron chi connectivity index (χ0n) is 11.1. The lowest BCUT2D eigenvalue weighted by Crippen LogP contribution is -2.35. The van der Waals surface area contributed by atoms with Crippen LogP contribution >= 0.6 is 23.1 Å². The van der Waals surface area contributed by atoms with E-state index in [9.17, 15) is 4.39 Å². The summed E-state index contributed by atoms with van der Waals surface area (Å²) < 4.78 is 14.8. The van der Waals surface area contributed by atoms with Gasteiger partial charge in [-0.1, -0.05) is 29.2 Å². The topological polar surface area (TPSA) is 37.8 Å². The fraction of sp³-hybridized carbons (Fsp3) is 0.385. The van der Waals surface area contributed by atoms with Crippen molar-refractivity contribution in [1.82, 2.24) is 15.5 Å². The maximum Gasteiger partial charge on any atom is 0.178 e. The number of halogens is 1. The van der Waals surface area contributed by atoms with E-state index >= 15 is 0 Å². The lowest BCUT2D eigenvalue weighted by atomic mass is 10.1. The summed E-state index contributed by atoms with van der Waals surface area (Å²) in [5.74, 6) is -0.189. The Balaban J connectivity index is 2.20. The van der Waals surface area contributed by atoms with Crippen molar-refractivity contribution in [3.05, 3.63) is 35.1 Å². The molecule has 0 aliphatic carbocycles. The second kappa shape index (κ2) is 5.98. The van der Waals surface area contributed by atoms with E-state index in [0.29, 0.717) is 12.1 Å². The quantitative estimate of drug-likeness (QED) is 0.933. The minimum Gasteiger partial charge on any atom is -0.308 e. The van der Waals surface area contributed by atoms with Crippen LogP contribution in [0.2, 0.25) is 0 Å². The second-order valence-corrected chi connectivity index (χ2v) is 7.25. The predicted octanol–water partition coefficient (Wildman–Crippen LogP) is 3.72. The lowest BCUT2D eigenvalue weighted by molar-refractivity contribution is 0.416. The highest BCUT2D eigenvalue weighted by molar-refractivity contribution is 8.01. The summed E-state index contributed by atoms with van der Waals surface area (Å²) in [4.78, 5) is 0.883. The number of hydrogen-bond donors (Lipinski definition) is 1. The fourth-order valence-corrected chi connectivity index (χ4v) is 3.05. The van der Waals surface area contributed by atoms with Crippen LogP contribution in [-0.4, -0.2) is 15.7 Å². The van der Waals surface area contributed by atoms with E-state index in [1.54, 1.807) is 11.6 Å². The Kier molecular flexibility index (Phi) is 4.54. The molecule has 0 radical (unpaired) electrons. The molecule has 1 aromatic carbocycles. The number of nitrogens with one attached hydrogen (secondary N) is 1. The van der Waals surface area contributed by atoms with Gasteiger partial charge in [-0.25, -0.2) is 4.39 Å². The Morgan fingerprint density at radius 2 is 2.16 bits per heavy atom. The summed E-state index contributed by atoms with van der Waals surface area (Å²) in [5.41, 5.74) is 2.31. The molecule has 1 aromatic heterocycles. The monoisotopic (exact) mass is 297 g/mol. The minimum absolute atomic E-state index is 0.0487. The Hall–Kier alpha value is -0.980. The molecular weight excluding hydrogens is 281 g/mol. The van der Waals surface area contributed by atoms with Gasteiger partial charge < -0.3 is 5.32 Å². The molecule has 0 spiro atoms. The molecule has 0 amide bonds. The highest BCUT2D eigenvalue weighted by atomic mass is 32.2. The van der Waals surface area contributed by atoms with Crippen molar-refractivity contribution in [3.63, 3.8) is 0 Å². The van der Waals surface area contributed by atoms with Crippen LogP contribution in [0.15, 0.2) is 32.9 Å². The zero-order chi connectivity index (χ0) is 13.9. The smallest absolute Gasteiger partial charge is 0.178 e. The molecular formula is C13H16FN3S2. The van der Waals surface area contributed by atoms with Gasteiger partial charge in [-0.05, 0) is 32.9 Å². The first-order chi connectivity index (χ1) is 8.96. The number of benzene rings is 1. The molecule has 3 nitrogen and oxygen atoms in total. The summed E-state index contributed by atoms with van der Waals surface area (Å²) in [7, 11) is 0. The van der Waals surface area contributed by atoms with Crippen LogP contribution in [0.3, 0.4) is 0 Å². The Bertz CT molecular complexity index is 535. The van der Waals surface area contributed by atoms with Crippen LogP contribution in [-0.2, 0) is 6.54 Å². The third kappa shape index (κ3) is 4.26. The maximum atomic E-state index is 14.0. The molecule has 0 aliphatic rings. The van der Waals surface area contributed by atoms with Crippen LogP contribution < -0.4 is 5.32 Å². The highest BCUT2D eigenvalue weighted by Crippen LogP contribution is 2.32. The molecule has 1 N–H and O–H groups in total. The molecule has 0 unspecified atom stereocenters. The molecule has 0 atom stereocenters. The third-order valence-electron chi connectivity index (χ3n) is 2.41. The first-order valence-electron chi connectivity index (χ1n) is 5.92. The number of hydrogen-bond acceptors (Lipinski definition) is 5. The Labute approximate surface area is 120 Å². The maximum absolute atomic E-state index is 14.0. The van der Waals surface area contributed by atoms with Gasteiger partial charge in [0.15, 0.2) is 4.34 Å². The molecule has 0 fully saturated rings. The van der Waals surface area contributed by atoms with Crippen molar-refractivity contribution in [3.8, 4) is 0 Å². The lowest BCUT2D eigenvalue weighted by Gasteiger charge is -2.21. The van der Waals surface area contributed by atoms with Gasteiger partial charge in [0.2, 0.25) is 0 Å². The molecule has 0 saturated heterocycles. The summed E-state index contributed by atoms with van der Waals surface area (Å²) in [6, 6.07) is 5.12. The molecule has 2 aromatic rings. The van der Waals surface area contributed by atoms with Crippen LogP contribution in [0.5, 0.6) is 0 Å². The fourth-order valence-electron chi connectivity index (χ4n) is 1.46. The van der Waals surface area contributed by atoms with Gasteiger partial charge in [0, 0.05) is 22.5 Å². The van der Waals surface area contributed by atoms with Crippen molar-refractivity contribution in [2.75, 3.05) is 0 Å². The van der Waals surface area contributed by atoms with Crippen LogP contribution in [0.1, 0.15) is 26.3 Å². The summed E-state index contributed by atoms with van der Waals surface area (Å²) in [6.45, 7) is 6.68. The van der Waals surface area contributed by atoms with E-state index in [2.05, 4.69) is 36.3 Å². The molecule has 0 bridgehead atoms. The summed E-state index contributed by atoms with van der Waals surface area (Å²) >= 11 is 2.90. The van der Waals surface area contributed by atoms with Crippen molar-refractivity contribution < 1.29 is 4.39 Å². The second-order valence-electron chi connectivity index (χ2n) is 5.13. The van der Waals surface area contributed by atoms with Crippen LogP contribution in [0.25, 0.3) is 0 Å². The molecule has 1 heterocycles. The van der Waals surface area contributed by atoms with Crippen LogP contribution in [0, 0.1) is 5.82 Å². The number of nitrogens with zero attached hydrogens (tertiary/aromatic N) is 2. The molecule has 2 rings (SSSR count). The predicted molar refractivity (Wildman–Crippen MR) is 77.0 cm³/mol. The largest absolute Gasteiger partial charge is 0.308 e. The highest BCUT2D eigenvalue weighted by Gasteiger charge is 2.14. The molecule has 0 saturated carbocycles. The average molecular weight is 297 g/mol. The van der Waals surface area contributed by atoms with E-state index in [4.69, 9.17) is 0 Å². The minimum atomic E-state index is -0.189. The van der Waals surface area contributed by atoms with Gasteiger partial charge >= 0.3 is 0 Å². The molecule has 19 heavy (non-hydrogen) atoms. The van der Waals surface area contributed by atoms with Gasteiger partial charge in [0.25, 0.3) is 0 Å². The van der Waals surface area contributed by atoms with E-state index < -0.39 is 0 Å². The van der Waals surface area contributed by atoms with Crippen molar-refractivity contribution in [2.45, 2.75) is 42.1 Å². The summed E-state index contributed by atoms with van der Waals surface area (Å²) in [5, 5.41) is 11.1. The molecule has 102 valence electrons. The average Bonchev–Trinajstić information content (AvgIpc) is 2.79. The van der Waals surface area contributed by atoms with E-state index in [1.807, 2.05) is 6.07 Å². The number of rotatable bonds is 4. The van der Waals surface area contributed by atoms with E-state index in [1.165, 1.54) is 29.2 Å². The van der Waals surface area contributed by atoms with Gasteiger partial charge in [-0.3, -0.25) is 0 Å². The van der Waals surface area contributed by atoms with Crippen molar-refractivity contribution in [1.29, 1.82) is 0 Å². The van der Waals surface area contributed by atoms with E-state index in [-0.39, 0.29) is 11.4 Å². The van der Waals surface area contributed by atoms with Gasteiger partial charge in [0.1, 0.15) is 11.3 Å². The normalized spacial score (nSPS) is 11.8. The third-order valence-corrected chi connectivity index (χ3v) is 4.29. The Morgan fingerprint density at radius 3 is 2.79 bits per heavy atom. The zero-order valence-corrected chi connectivity index (χ0v) is 12.7. The molecule has 0 aliphatic heterocycles. The molecule has 6 heteroatoms. The van der Waals surface area contributed by atoms with Crippen LogP contribution in [0.4, 0.5) is 4.39 Å². The first-order valence-corrected chi connectivity index (χ1v) is 7.62. The van der Waals surface area contributed by atoms with Gasteiger partial charge in [-0.15, -0.1) is 10.2 Å². The Morgan fingerprint density at radius 1 is 1.37 bits per heavy atom. The first kappa shape index (κ1) is 14.4. The SMILES string of the molecule is CC(C)(C)NCc1c(F)cccc1Sc1nncs1.